The van der Waals surface area contributed by atoms with Gasteiger partial charge in [-0.05, 0) is 30.3 Å². The van der Waals surface area contributed by atoms with E-state index in [-0.39, 0.29) is 22.0 Å². The van der Waals surface area contributed by atoms with E-state index in [9.17, 15) is 17.2 Å². The molecule has 2 aromatic carbocycles. The van der Waals surface area contributed by atoms with Crippen molar-refractivity contribution in [1.29, 1.82) is 0 Å². The third-order valence-corrected chi connectivity index (χ3v) is 4.49. The molecule has 2 rings (SSSR count). The van der Waals surface area contributed by atoms with E-state index in [1.165, 1.54) is 18.2 Å². The molecule has 0 radical (unpaired) electrons. The summed E-state index contributed by atoms with van der Waals surface area (Å²) < 4.78 is 52.6. The number of nitrogens with one attached hydrogen (secondary N) is 1. The lowest BCUT2D eigenvalue weighted by atomic mass is 10.2. The molecule has 0 spiro atoms. The van der Waals surface area contributed by atoms with Crippen LogP contribution in [0.25, 0.3) is 0 Å². The van der Waals surface area contributed by atoms with Crippen LogP contribution in [0.3, 0.4) is 0 Å². The van der Waals surface area contributed by atoms with Crippen molar-refractivity contribution >= 4 is 21.6 Å². The Morgan fingerprint density at radius 2 is 1.80 bits per heavy atom. The zero-order valence-corrected chi connectivity index (χ0v) is 11.7. The van der Waals surface area contributed by atoms with E-state index in [1.54, 1.807) is 6.07 Å². The molecule has 0 aliphatic rings. The van der Waals surface area contributed by atoms with Crippen LogP contribution < -0.4 is 4.72 Å². The minimum atomic E-state index is -3.89. The number of sulfonamides is 1. The zero-order chi connectivity index (χ0) is 14.8. The molecule has 0 aliphatic heterocycles. The van der Waals surface area contributed by atoms with Gasteiger partial charge in [-0.3, -0.25) is 0 Å². The number of halogens is 3. The lowest BCUT2D eigenvalue weighted by molar-refractivity contribution is 0.567. The van der Waals surface area contributed by atoms with Gasteiger partial charge in [0.25, 0.3) is 0 Å². The van der Waals surface area contributed by atoms with Crippen molar-refractivity contribution in [2.24, 2.45) is 0 Å². The molecule has 0 saturated carbocycles. The van der Waals surface area contributed by atoms with Gasteiger partial charge >= 0.3 is 0 Å². The summed E-state index contributed by atoms with van der Waals surface area (Å²) in [6.07, 6.45) is 0. The van der Waals surface area contributed by atoms with E-state index >= 15 is 0 Å². The summed E-state index contributed by atoms with van der Waals surface area (Å²) in [5.41, 5.74) is -0.0828. The zero-order valence-electron chi connectivity index (χ0n) is 10.1. The van der Waals surface area contributed by atoms with Crippen LogP contribution in [-0.2, 0) is 16.6 Å². The monoisotopic (exact) mass is 317 g/mol. The first-order valence-electron chi connectivity index (χ1n) is 5.58. The molecule has 7 heteroatoms. The second kappa shape index (κ2) is 5.87. The maximum absolute atomic E-state index is 13.4. The van der Waals surface area contributed by atoms with E-state index < -0.39 is 21.7 Å². The summed E-state index contributed by atoms with van der Waals surface area (Å²) in [5, 5.41) is 0.0553. The van der Waals surface area contributed by atoms with E-state index in [0.717, 1.165) is 18.2 Å². The standard InChI is InChI=1S/C13H10ClF2NO2S/c14-11-3-1-2-4-13(11)20(18,19)17-8-9-7-10(15)5-6-12(9)16/h1-7,17H,8H2. The first-order chi connectivity index (χ1) is 9.40. The highest BCUT2D eigenvalue weighted by Gasteiger charge is 2.17. The average Bonchev–Trinajstić information content (AvgIpc) is 2.40. The fraction of sp³-hybridized carbons (Fsp3) is 0.0769. The first kappa shape index (κ1) is 14.9. The Balaban J connectivity index is 2.22. The van der Waals surface area contributed by atoms with Gasteiger partial charge in [0.2, 0.25) is 10.0 Å². The summed E-state index contributed by atoms with van der Waals surface area (Å²) in [6.45, 7) is -0.364. The van der Waals surface area contributed by atoms with Crippen LogP contribution in [0.2, 0.25) is 5.02 Å². The molecule has 3 nitrogen and oxygen atoms in total. The summed E-state index contributed by atoms with van der Waals surface area (Å²) in [7, 11) is -3.89. The van der Waals surface area contributed by atoms with Gasteiger partial charge in [0, 0.05) is 12.1 Å². The van der Waals surface area contributed by atoms with Gasteiger partial charge in [-0.15, -0.1) is 0 Å². The van der Waals surface area contributed by atoms with Gasteiger partial charge in [-0.2, -0.15) is 0 Å². The van der Waals surface area contributed by atoms with Crippen LogP contribution in [0.15, 0.2) is 47.4 Å². The summed E-state index contributed by atoms with van der Waals surface area (Å²) in [6, 6.07) is 8.70. The van der Waals surface area contributed by atoms with E-state index in [1.807, 2.05) is 0 Å². The van der Waals surface area contributed by atoms with Crippen molar-refractivity contribution < 1.29 is 17.2 Å². The maximum atomic E-state index is 13.4. The predicted molar refractivity (Wildman–Crippen MR) is 71.8 cm³/mol. The highest BCUT2D eigenvalue weighted by atomic mass is 35.5. The Kier molecular flexibility index (Phi) is 4.37. The fourth-order valence-electron chi connectivity index (χ4n) is 1.59. The molecule has 0 aromatic heterocycles. The lowest BCUT2D eigenvalue weighted by Gasteiger charge is -2.09. The first-order valence-corrected chi connectivity index (χ1v) is 7.44. The molecule has 0 heterocycles. The number of hydrogen-bond donors (Lipinski definition) is 1. The van der Waals surface area contributed by atoms with Gasteiger partial charge in [0.05, 0.1) is 5.02 Å². The largest absolute Gasteiger partial charge is 0.242 e. The molecule has 0 amide bonds. The normalized spacial score (nSPS) is 11.6. The van der Waals surface area contributed by atoms with Gasteiger partial charge in [-0.1, -0.05) is 23.7 Å². The number of rotatable bonds is 4. The molecule has 0 atom stereocenters. The van der Waals surface area contributed by atoms with Crippen LogP contribution in [-0.4, -0.2) is 8.42 Å². The SMILES string of the molecule is O=S(=O)(NCc1cc(F)ccc1F)c1ccccc1Cl. The van der Waals surface area contributed by atoms with Gasteiger partial charge in [-0.25, -0.2) is 21.9 Å². The second-order valence-electron chi connectivity index (χ2n) is 3.99. The minimum Gasteiger partial charge on any atom is -0.207 e. The molecule has 0 unspecified atom stereocenters. The molecule has 1 N–H and O–H groups in total. The third kappa shape index (κ3) is 3.33. The van der Waals surface area contributed by atoms with Crippen LogP contribution in [0.4, 0.5) is 8.78 Å². The predicted octanol–water partition coefficient (Wildman–Crippen LogP) is 3.10. The molecule has 0 bridgehead atoms. The second-order valence-corrected chi connectivity index (χ2v) is 6.13. The van der Waals surface area contributed by atoms with Crippen LogP contribution in [0, 0.1) is 11.6 Å². The summed E-state index contributed by atoms with van der Waals surface area (Å²) >= 11 is 5.79. The van der Waals surface area contributed by atoms with E-state index in [2.05, 4.69) is 4.72 Å². The molecule has 20 heavy (non-hydrogen) atoms. The lowest BCUT2D eigenvalue weighted by Crippen LogP contribution is -2.24. The summed E-state index contributed by atoms with van der Waals surface area (Å²) in [4.78, 5) is -0.113. The Bertz CT molecular complexity index is 735. The molecular formula is C13H10ClF2NO2S. The molecule has 2 aromatic rings. The average molecular weight is 318 g/mol. The van der Waals surface area contributed by atoms with Gasteiger partial charge < -0.3 is 0 Å². The number of benzene rings is 2. The molecular weight excluding hydrogens is 308 g/mol. The van der Waals surface area contributed by atoms with Gasteiger partial charge in [0.1, 0.15) is 16.5 Å². The Morgan fingerprint density at radius 1 is 1.10 bits per heavy atom. The highest BCUT2D eigenvalue weighted by molar-refractivity contribution is 7.89. The van der Waals surface area contributed by atoms with Crippen molar-refractivity contribution in [3.63, 3.8) is 0 Å². The van der Waals surface area contributed by atoms with Crippen molar-refractivity contribution in [2.75, 3.05) is 0 Å². The van der Waals surface area contributed by atoms with Crippen molar-refractivity contribution in [1.82, 2.24) is 4.72 Å². The van der Waals surface area contributed by atoms with Crippen LogP contribution >= 0.6 is 11.6 Å². The molecule has 106 valence electrons. The minimum absolute atomic E-state index is 0.0553. The van der Waals surface area contributed by atoms with E-state index in [0.29, 0.717) is 0 Å². The Hall–Kier alpha value is -1.50. The highest BCUT2D eigenvalue weighted by Crippen LogP contribution is 2.20. The van der Waals surface area contributed by atoms with E-state index in [4.69, 9.17) is 11.6 Å². The van der Waals surface area contributed by atoms with Crippen molar-refractivity contribution in [3.8, 4) is 0 Å². The van der Waals surface area contributed by atoms with Crippen LogP contribution in [0.5, 0.6) is 0 Å². The maximum Gasteiger partial charge on any atom is 0.242 e. The summed E-state index contributed by atoms with van der Waals surface area (Å²) in [5.74, 6) is -1.33. The molecule has 0 fully saturated rings. The smallest absolute Gasteiger partial charge is 0.207 e. The Labute approximate surface area is 120 Å². The third-order valence-electron chi connectivity index (χ3n) is 2.59. The quantitative estimate of drug-likeness (QED) is 0.942. The molecule has 0 aliphatic carbocycles. The van der Waals surface area contributed by atoms with Gasteiger partial charge in [0.15, 0.2) is 0 Å². The topological polar surface area (TPSA) is 46.2 Å². The van der Waals surface area contributed by atoms with Crippen molar-refractivity contribution in [2.45, 2.75) is 11.4 Å². The Morgan fingerprint density at radius 3 is 2.50 bits per heavy atom. The van der Waals surface area contributed by atoms with Crippen molar-refractivity contribution in [3.05, 3.63) is 64.7 Å². The van der Waals surface area contributed by atoms with Crippen LogP contribution in [0.1, 0.15) is 5.56 Å². The molecule has 0 saturated heterocycles. The fourth-order valence-corrected chi connectivity index (χ4v) is 3.12. The number of hydrogen-bond acceptors (Lipinski definition) is 2.